The highest BCUT2D eigenvalue weighted by Crippen LogP contribution is 2.44. The number of likely N-dealkylation sites (N-methyl/N-ethyl adjacent to an activating group) is 1. The second-order valence-electron chi connectivity index (χ2n) is 9.47. The number of piperazine rings is 1. The lowest BCUT2D eigenvalue weighted by molar-refractivity contribution is -0.134. The Morgan fingerprint density at radius 2 is 1.90 bits per heavy atom. The van der Waals surface area contributed by atoms with Crippen molar-refractivity contribution in [3.05, 3.63) is 23.2 Å². The molecule has 7 heteroatoms. The van der Waals surface area contributed by atoms with E-state index in [1.165, 1.54) is 12.8 Å². The number of amides is 2. The first kappa shape index (κ1) is 19.1. The molecule has 3 aliphatic heterocycles. The van der Waals surface area contributed by atoms with Gasteiger partial charge in [0.25, 0.3) is 5.91 Å². The quantitative estimate of drug-likeness (QED) is 0.773. The molecule has 0 N–H and O–H groups in total. The van der Waals surface area contributed by atoms with Gasteiger partial charge in [-0.3, -0.25) is 14.5 Å². The van der Waals surface area contributed by atoms with Crippen molar-refractivity contribution in [2.75, 3.05) is 46.3 Å². The molecule has 158 valence electrons. The van der Waals surface area contributed by atoms with Crippen molar-refractivity contribution >= 4 is 11.8 Å². The Bertz CT molecular complexity index is 822. The SMILES string of the molecule is Cc1cc(C(=O)N2CCC3(CC2)N(CC2CC2)C(=O)[C@H]2CN(C)CCN23)c(C)o1. The van der Waals surface area contributed by atoms with Crippen molar-refractivity contribution in [2.45, 2.75) is 51.2 Å². The van der Waals surface area contributed by atoms with Gasteiger partial charge >= 0.3 is 0 Å². The highest BCUT2D eigenvalue weighted by molar-refractivity contribution is 5.95. The molecule has 1 atom stereocenters. The Morgan fingerprint density at radius 3 is 2.52 bits per heavy atom. The van der Waals surface area contributed by atoms with Crippen LogP contribution in [0.1, 0.15) is 47.6 Å². The molecule has 29 heavy (non-hydrogen) atoms. The summed E-state index contributed by atoms with van der Waals surface area (Å²) in [5.74, 6) is 2.51. The molecule has 2 amide bonds. The van der Waals surface area contributed by atoms with Crippen molar-refractivity contribution in [3.63, 3.8) is 0 Å². The zero-order valence-corrected chi connectivity index (χ0v) is 17.8. The number of piperidine rings is 1. The van der Waals surface area contributed by atoms with Gasteiger partial charge < -0.3 is 19.1 Å². The number of furan rings is 1. The molecule has 1 aliphatic carbocycles. The molecule has 4 heterocycles. The van der Waals surface area contributed by atoms with Crippen LogP contribution in [-0.4, -0.2) is 89.4 Å². The van der Waals surface area contributed by atoms with Crippen molar-refractivity contribution in [1.29, 1.82) is 0 Å². The fraction of sp³-hybridized carbons (Fsp3) is 0.727. The van der Waals surface area contributed by atoms with Crippen LogP contribution in [0.15, 0.2) is 10.5 Å². The third-order valence-electron chi connectivity index (χ3n) is 7.43. The van der Waals surface area contributed by atoms with Crippen LogP contribution >= 0.6 is 0 Å². The lowest BCUT2D eigenvalue weighted by Gasteiger charge is -2.50. The Morgan fingerprint density at radius 1 is 1.17 bits per heavy atom. The number of rotatable bonds is 3. The van der Waals surface area contributed by atoms with E-state index >= 15 is 0 Å². The molecule has 0 aromatic carbocycles. The van der Waals surface area contributed by atoms with Crippen molar-refractivity contribution in [1.82, 2.24) is 19.6 Å². The smallest absolute Gasteiger partial charge is 0.257 e. The van der Waals surface area contributed by atoms with E-state index in [1.807, 2.05) is 24.8 Å². The monoisotopic (exact) mass is 400 g/mol. The fourth-order valence-corrected chi connectivity index (χ4v) is 5.63. The summed E-state index contributed by atoms with van der Waals surface area (Å²) in [6, 6.07) is 1.82. The molecule has 5 rings (SSSR count). The van der Waals surface area contributed by atoms with E-state index in [2.05, 4.69) is 21.7 Å². The molecule has 1 aromatic heterocycles. The minimum absolute atomic E-state index is 0.0199. The molecule has 7 nitrogen and oxygen atoms in total. The minimum Gasteiger partial charge on any atom is -0.466 e. The zero-order chi connectivity index (χ0) is 20.3. The summed E-state index contributed by atoms with van der Waals surface area (Å²) in [5, 5.41) is 0. The van der Waals surface area contributed by atoms with Gasteiger partial charge in [0.15, 0.2) is 0 Å². The Kier molecular flexibility index (Phi) is 4.51. The van der Waals surface area contributed by atoms with E-state index in [1.54, 1.807) is 0 Å². The number of hydrogen-bond donors (Lipinski definition) is 0. The molecule has 0 radical (unpaired) electrons. The molecule has 4 aliphatic rings. The van der Waals surface area contributed by atoms with Crippen LogP contribution < -0.4 is 0 Å². The first-order chi connectivity index (χ1) is 13.9. The van der Waals surface area contributed by atoms with Crippen LogP contribution in [-0.2, 0) is 4.79 Å². The summed E-state index contributed by atoms with van der Waals surface area (Å²) in [6.45, 7) is 8.75. The number of fused-ring (bicyclic) bond motifs is 2. The number of carbonyl (C=O) groups excluding carboxylic acids is 2. The molecule has 1 saturated carbocycles. The Balaban J connectivity index is 1.37. The van der Waals surface area contributed by atoms with Crippen LogP contribution in [0.4, 0.5) is 0 Å². The number of nitrogens with zero attached hydrogens (tertiary/aromatic N) is 4. The van der Waals surface area contributed by atoms with Crippen LogP contribution in [0, 0.1) is 19.8 Å². The van der Waals surface area contributed by atoms with Crippen LogP contribution in [0.2, 0.25) is 0 Å². The minimum atomic E-state index is -0.205. The molecule has 1 aromatic rings. The number of aryl methyl sites for hydroxylation is 2. The molecular weight excluding hydrogens is 368 g/mol. The van der Waals surface area contributed by atoms with Crippen LogP contribution in [0.25, 0.3) is 0 Å². The standard InChI is InChI=1S/C22H32N4O3/c1-15-12-18(16(2)29-15)20(27)24-8-6-22(7-9-24)25-11-10-23(3)14-19(25)21(28)26(22)13-17-4-5-17/h12,17,19H,4-11,13-14H2,1-3H3/t19-/m1/s1. The summed E-state index contributed by atoms with van der Waals surface area (Å²) in [5.41, 5.74) is 0.470. The summed E-state index contributed by atoms with van der Waals surface area (Å²) in [7, 11) is 2.11. The molecular formula is C22H32N4O3. The van der Waals surface area contributed by atoms with Gasteiger partial charge in [-0.15, -0.1) is 0 Å². The maximum atomic E-state index is 13.4. The third-order valence-corrected chi connectivity index (χ3v) is 7.43. The normalized spacial score (nSPS) is 27.7. The lowest BCUT2D eigenvalue weighted by Crippen LogP contribution is -2.63. The van der Waals surface area contributed by atoms with Gasteiger partial charge in [0.2, 0.25) is 5.91 Å². The molecule has 3 saturated heterocycles. The van der Waals surface area contributed by atoms with Gasteiger partial charge in [0.1, 0.15) is 23.2 Å². The first-order valence-corrected chi connectivity index (χ1v) is 11.0. The van der Waals surface area contributed by atoms with Crippen molar-refractivity contribution in [2.24, 2.45) is 5.92 Å². The van der Waals surface area contributed by atoms with E-state index in [0.29, 0.717) is 36.2 Å². The summed E-state index contributed by atoms with van der Waals surface area (Å²) < 4.78 is 5.57. The van der Waals surface area contributed by atoms with E-state index in [4.69, 9.17) is 4.42 Å². The third kappa shape index (κ3) is 3.10. The van der Waals surface area contributed by atoms with Gasteiger partial charge in [-0.1, -0.05) is 0 Å². The largest absolute Gasteiger partial charge is 0.466 e. The average molecular weight is 401 g/mol. The highest BCUT2D eigenvalue weighted by Gasteiger charge is 2.59. The van der Waals surface area contributed by atoms with E-state index in [0.717, 1.165) is 44.8 Å². The highest BCUT2D eigenvalue weighted by atomic mass is 16.3. The fourth-order valence-electron chi connectivity index (χ4n) is 5.63. The summed E-state index contributed by atoms with van der Waals surface area (Å²) in [4.78, 5) is 35.3. The van der Waals surface area contributed by atoms with Gasteiger partial charge in [-0.2, -0.15) is 0 Å². The average Bonchev–Trinajstić information content (AvgIpc) is 3.43. The predicted molar refractivity (Wildman–Crippen MR) is 108 cm³/mol. The summed E-state index contributed by atoms with van der Waals surface area (Å²) >= 11 is 0. The van der Waals surface area contributed by atoms with Crippen molar-refractivity contribution in [3.8, 4) is 0 Å². The van der Waals surface area contributed by atoms with E-state index in [-0.39, 0.29) is 17.6 Å². The molecule has 4 fully saturated rings. The first-order valence-electron chi connectivity index (χ1n) is 11.0. The van der Waals surface area contributed by atoms with Gasteiger partial charge in [0, 0.05) is 52.1 Å². The second-order valence-corrected chi connectivity index (χ2v) is 9.47. The predicted octanol–water partition coefficient (Wildman–Crippen LogP) is 1.70. The van der Waals surface area contributed by atoms with Gasteiger partial charge in [-0.25, -0.2) is 0 Å². The Hall–Kier alpha value is -1.86. The van der Waals surface area contributed by atoms with Crippen LogP contribution in [0.5, 0.6) is 0 Å². The van der Waals surface area contributed by atoms with E-state index < -0.39 is 0 Å². The molecule has 0 unspecified atom stereocenters. The second kappa shape index (κ2) is 6.84. The maximum Gasteiger partial charge on any atom is 0.257 e. The number of hydrogen-bond acceptors (Lipinski definition) is 5. The zero-order valence-electron chi connectivity index (χ0n) is 17.8. The van der Waals surface area contributed by atoms with Gasteiger partial charge in [0.05, 0.1) is 5.56 Å². The Labute approximate surface area is 172 Å². The molecule has 0 bridgehead atoms. The summed E-state index contributed by atoms with van der Waals surface area (Å²) in [6.07, 6.45) is 4.17. The lowest BCUT2D eigenvalue weighted by atomic mass is 9.92. The van der Waals surface area contributed by atoms with Crippen molar-refractivity contribution < 1.29 is 14.0 Å². The van der Waals surface area contributed by atoms with Crippen LogP contribution in [0.3, 0.4) is 0 Å². The number of carbonyl (C=O) groups is 2. The molecule has 1 spiro atoms. The topological polar surface area (TPSA) is 60.2 Å². The number of likely N-dealkylation sites (tertiary alicyclic amines) is 1. The maximum absolute atomic E-state index is 13.4. The van der Waals surface area contributed by atoms with E-state index in [9.17, 15) is 9.59 Å². The van der Waals surface area contributed by atoms with Gasteiger partial charge in [-0.05, 0) is 45.7 Å².